The summed E-state index contributed by atoms with van der Waals surface area (Å²) >= 11 is 0. The lowest BCUT2D eigenvalue weighted by molar-refractivity contribution is -0.136. The predicted molar refractivity (Wildman–Crippen MR) is 102 cm³/mol. The highest BCUT2D eigenvalue weighted by Crippen LogP contribution is 2.41. The first-order valence-corrected chi connectivity index (χ1v) is 9.80. The zero-order chi connectivity index (χ0) is 18.2. The minimum Gasteiger partial charge on any atom is -0.486 e. The molecule has 27 heavy (non-hydrogen) atoms. The van der Waals surface area contributed by atoms with Crippen LogP contribution in [0.1, 0.15) is 35.1 Å². The van der Waals surface area contributed by atoms with Crippen molar-refractivity contribution in [2.24, 2.45) is 0 Å². The Morgan fingerprint density at radius 3 is 2.85 bits per heavy atom. The van der Waals surface area contributed by atoms with Crippen molar-refractivity contribution in [1.82, 2.24) is 10.2 Å². The molecule has 5 rings (SSSR count). The highest BCUT2D eigenvalue weighted by atomic mass is 16.6. The Labute approximate surface area is 159 Å². The maximum Gasteiger partial charge on any atom is 0.230 e. The van der Waals surface area contributed by atoms with Gasteiger partial charge < -0.3 is 19.7 Å². The summed E-state index contributed by atoms with van der Waals surface area (Å²) in [4.78, 5) is 15.6. The molecule has 1 saturated heterocycles. The number of amides is 1. The molecule has 1 amide bonds. The highest BCUT2D eigenvalue weighted by molar-refractivity contribution is 5.85. The second-order valence-corrected chi connectivity index (χ2v) is 7.41. The average Bonchev–Trinajstić information content (AvgIpc) is 3.17. The lowest BCUT2D eigenvalue weighted by atomic mass is 9.95. The molecule has 2 heterocycles. The summed E-state index contributed by atoms with van der Waals surface area (Å²) in [5, 5.41) is 3.44. The van der Waals surface area contributed by atoms with E-state index in [0.29, 0.717) is 19.8 Å². The zero-order valence-corrected chi connectivity index (χ0v) is 15.3. The van der Waals surface area contributed by atoms with Crippen molar-refractivity contribution in [3.8, 4) is 11.5 Å². The zero-order valence-electron chi connectivity index (χ0n) is 15.3. The summed E-state index contributed by atoms with van der Waals surface area (Å²) in [5.41, 5.74) is 3.56. The Morgan fingerprint density at radius 1 is 1.04 bits per heavy atom. The van der Waals surface area contributed by atoms with Crippen LogP contribution in [0.5, 0.6) is 11.5 Å². The quantitative estimate of drug-likeness (QED) is 0.890. The Morgan fingerprint density at radius 2 is 1.89 bits per heavy atom. The van der Waals surface area contributed by atoms with Crippen molar-refractivity contribution in [1.29, 1.82) is 0 Å². The van der Waals surface area contributed by atoms with Gasteiger partial charge in [-0.2, -0.15) is 0 Å². The van der Waals surface area contributed by atoms with Gasteiger partial charge in [-0.15, -0.1) is 0 Å². The SMILES string of the molecule is O=C(C1CCc2ccccc21)N1CCNCC1c1cccc2c1OCCO2. The Bertz CT molecular complexity index is 866. The molecule has 3 aliphatic rings. The molecule has 1 fully saturated rings. The molecular weight excluding hydrogens is 340 g/mol. The van der Waals surface area contributed by atoms with Gasteiger partial charge in [-0.1, -0.05) is 36.4 Å². The van der Waals surface area contributed by atoms with Gasteiger partial charge in [0.25, 0.3) is 0 Å². The largest absolute Gasteiger partial charge is 0.486 e. The van der Waals surface area contributed by atoms with Gasteiger partial charge in [0, 0.05) is 25.2 Å². The number of benzene rings is 2. The number of piperazine rings is 1. The van der Waals surface area contributed by atoms with Gasteiger partial charge in [0.05, 0.1) is 12.0 Å². The first kappa shape index (κ1) is 16.6. The van der Waals surface area contributed by atoms with Crippen molar-refractivity contribution in [2.45, 2.75) is 24.8 Å². The number of ether oxygens (including phenoxy) is 2. The predicted octanol–water partition coefficient (Wildman–Crippen LogP) is 2.66. The van der Waals surface area contributed by atoms with Crippen LogP contribution in [0.15, 0.2) is 42.5 Å². The van der Waals surface area contributed by atoms with Crippen LogP contribution in [0.2, 0.25) is 0 Å². The normalized spacial score (nSPS) is 23.8. The monoisotopic (exact) mass is 364 g/mol. The molecule has 1 aliphatic carbocycles. The smallest absolute Gasteiger partial charge is 0.230 e. The maximum absolute atomic E-state index is 13.5. The van der Waals surface area contributed by atoms with E-state index in [1.54, 1.807) is 0 Å². The lowest BCUT2D eigenvalue weighted by Gasteiger charge is -2.39. The van der Waals surface area contributed by atoms with Gasteiger partial charge in [-0.25, -0.2) is 0 Å². The van der Waals surface area contributed by atoms with Gasteiger partial charge >= 0.3 is 0 Å². The average molecular weight is 364 g/mol. The number of rotatable bonds is 2. The Balaban J connectivity index is 1.48. The standard InChI is InChI=1S/C22H24N2O3/c25-22(17-9-8-15-4-1-2-5-16(15)17)24-11-10-23-14-19(24)18-6-3-7-20-21(18)27-13-12-26-20/h1-7,17,19,23H,8-14H2. The number of hydrogen-bond donors (Lipinski definition) is 1. The number of nitrogens with zero attached hydrogens (tertiary/aromatic N) is 1. The van der Waals surface area contributed by atoms with Crippen LogP contribution in [0, 0.1) is 0 Å². The summed E-state index contributed by atoms with van der Waals surface area (Å²) in [6.45, 7) is 3.39. The van der Waals surface area contributed by atoms with Crippen LogP contribution in [-0.2, 0) is 11.2 Å². The number of carbonyl (C=O) groups excluding carboxylic acids is 1. The second-order valence-electron chi connectivity index (χ2n) is 7.41. The maximum atomic E-state index is 13.5. The Hall–Kier alpha value is -2.53. The van der Waals surface area contributed by atoms with Crippen molar-refractivity contribution in [2.75, 3.05) is 32.8 Å². The molecule has 2 aromatic rings. The second kappa shape index (κ2) is 6.89. The Kier molecular flexibility index (Phi) is 4.24. The number of hydrogen-bond acceptors (Lipinski definition) is 4. The fraction of sp³-hybridized carbons (Fsp3) is 0.409. The van der Waals surface area contributed by atoms with Crippen LogP contribution in [-0.4, -0.2) is 43.7 Å². The van der Waals surface area contributed by atoms with E-state index >= 15 is 0 Å². The van der Waals surface area contributed by atoms with Crippen molar-refractivity contribution in [3.63, 3.8) is 0 Å². The van der Waals surface area contributed by atoms with E-state index < -0.39 is 0 Å². The fourth-order valence-electron chi connectivity index (χ4n) is 4.62. The van der Waals surface area contributed by atoms with E-state index in [4.69, 9.17) is 9.47 Å². The molecular formula is C22H24N2O3. The first-order chi connectivity index (χ1) is 13.3. The van der Waals surface area contributed by atoms with E-state index in [-0.39, 0.29) is 17.9 Å². The minimum atomic E-state index is -0.0318. The van der Waals surface area contributed by atoms with Crippen molar-refractivity contribution >= 4 is 5.91 Å². The molecule has 5 heteroatoms. The number of fused-ring (bicyclic) bond motifs is 2. The number of aryl methyl sites for hydroxylation is 1. The van der Waals surface area contributed by atoms with Gasteiger partial charge in [-0.05, 0) is 30.0 Å². The minimum absolute atomic E-state index is 0.0292. The van der Waals surface area contributed by atoms with Crippen LogP contribution in [0.4, 0.5) is 0 Å². The third-order valence-electron chi connectivity index (χ3n) is 5.91. The lowest BCUT2D eigenvalue weighted by Crippen LogP contribution is -2.50. The van der Waals surface area contributed by atoms with E-state index in [1.807, 2.05) is 18.2 Å². The molecule has 2 unspecified atom stereocenters. The number of carbonyl (C=O) groups is 1. The van der Waals surface area contributed by atoms with Crippen molar-refractivity contribution < 1.29 is 14.3 Å². The first-order valence-electron chi connectivity index (χ1n) is 9.80. The molecule has 0 spiro atoms. The van der Waals surface area contributed by atoms with Gasteiger partial charge in [-0.3, -0.25) is 4.79 Å². The number of para-hydroxylation sites is 1. The fourth-order valence-corrected chi connectivity index (χ4v) is 4.62. The summed E-state index contributed by atoms with van der Waals surface area (Å²) in [7, 11) is 0. The van der Waals surface area contributed by atoms with Crippen LogP contribution < -0.4 is 14.8 Å². The van der Waals surface area contributed by atoms with Gasteiger partial charge in [0.15, 0.2) is 11.5 Å². The summed E-state index contributed by atoms with van der Waals surface area (Å²) < 4.78 is 11.7. The summed E-state index contributed by atoms with van der Waals surface area (Å²) in [6, 6.07) is 14.3. The highest BCUT2D eigenvalue weighted by Gasteiger charge is 2.37. The van der Waals surface area contributed by atoms with Crippen LogP contribution in [0.25, 0.3) is 0 Å². The van der Waals surface area contributed by atoms with Gasteiger partial charge in [0.1, 0.15) is 13.2 Å². The summed E-state index contributed by atoms with van der Waals surface area (Å²) in [5.74, 6) is 1.78. The molecule has 2 atom stereocenters. The molecule has 0 aromatic heterocycles. The molecule has 140 valence electrons. The number of nitrogens with one attached hydrogen (secondary N) is 1. The van der Waals surface area contributed by atoms with Crippen molar-refractivity contribution in [3.05, 3.63) is 59.2 Å². The topological polar surface area (TPSA) is 50.8 Å². The van der Waals surface area contributed by atoms with Crippen LogP contribution >= 0.6 is 0 Å². The molecule has 2 aromatic carbocycles. The van der Waals surface area contributed by atoms with E-state index in [1.165, 1.54) is 11.1 Å². The molecule has 0 bridgehead atoms. The molecule has 2 aliphatic heterocycles. The van der Waals surface area contributed by atoms with Gasteiger partial charge in [0.2, 0.25) is 5.91 Å². The van der Waals surface area contributed by atoms with E-state index in [9.17, 15) is 4.79 Å². The third kappa shape index (κ3) is 2.86. The third-order valence-corrected chi connectivity index (χ3v) is 5.91. The molecule has 1 N–H and O–H groups in total. The molecule has 5 nitrogen and oxygen atoms in total. The van der Waals surface area contributed by atoms with Crippen LogP contribution in [0.3, 0.4) is 0 Å². The van der Waals surface area contributed by atoms with E-state index in [2.05, 4.69) is 34.5 Å². The summed E-state index contributed by atoms with van der Waals surface area (Å²) in [6.07, 6.45) is 1.89. The van der Waals surface area contributed by atoms with E-state index in [0.717, 1.165) is 43.0 Å². The molecule has 0 saturated carbocycles. The molecule has 0 radical (unpaired) electrons.